The van der Waals surface area contributed by atoms with Crippen molar-refractivity contribution in [2.75, 3.05) is 20.7 Å². The summed E-state index contributed by atoms with van der Waals surface area (Å²) in [5.41, 5.74) is 1.16. The summed E-state index contributed by atoms with van der Waals surface area (Å²) >= 11 is 3.50. The summed E-state index contributed by atoms with van der Waals surface area (Å²) in [6.07, 6.45) is 0. The van der Waals surface area contributed by atoms with E-state index in [1.807, 2.05) is 19.2 Å². The molecule has 0 fully saturated rings. The van der Waals surface area contributed by atoms with Crippen LogP contribution in [0.2, 0.25) is 0 Å². The Labute approximate surface area is 112 Å². The van der Waals surface area contributed by atoms with Gasteiger partial charge < -0.3 is 15.4 Å². The number of benzene rings is 1. The fourth-order valence-corrected chi connectivity index (χ4v) is 2.08. The SMILES string of the molecule is CNC(CNC(C)C)c1cc(Br)ccc1OC. The molecule has 0 saturated carbocycles. The average Bonchev–Trinajstić information content (AvgIpc) is 2.30. The zero-order valence-electron chi connectivity index (χ0n) is 10.9. The standard InChI is InChI=1S/C13H21BrN2O/c1-9(2)16-8-12(15-3)11-7-10(14)5-6-13(11)17-4/h5-7,9,12,15-16H,8H2,1-4H3. The molecule has 0 bridgehead atoms. The minimum Gasteiger partial charge on any atom is -0.496 e. The highest BCUT2D eigenvalue weighted by Gasteiger charge is 2.14. The van der Waals surface area contributed by atoms with Crippen LogP contribution in [0.25, 0.3) is 0 Å². The maximum atomic E-state index is 5.40. The molecule has 0 radical (unpaired) electrons. The van der Waals surface area contributed by atoms with Gasteiger partial charge in [0, 0.05) is 28.7 Å². The van der Waals surface area contributed by atoms with Gasteiger partial charge in [-0.2, -0.15) is 0 Å². The summed E-state index contributed by atoms with van der Waals surface area (Å²) in [5.74, 6) is 0.915. The Kier molecular flexibility index (Phi) is 5.95. The van der Waals surface area contributed by atoms with Crippen LogP contribution in [0.4, 0.5) is 0 Å². The largest absolute Gasteiger partial charge is 0.496 e. The van der Waals surface area contributed by atoms with Gasteiger partial charge in [-0.15, -0.1) is 0 Å². The van der Waals surface area contributed by atoms with Crippen molar-refractivity contribution in [1.29, 1.82) is 0 Å². The molecule has 4 heteroatoms. The van der Waals surface area contributed by atoms with E-state index in [-0.39, 0.29) is 6.04 Å². The first-order valence-corrected chi connectivity index (χ1v) is 6.61. The van der Waals surface area contributed by atoms with Crippen LogP contribution in [-0.4, -0.2) is 26.7 Å². The van der Waals surface area contributed by atoms with Gasteiger partial charge in [-0.05, 0) is 25.2 Å². The number of methoxy groups -OCH3 is 1. The van der Waals surface area contributed by atoms with E-state index in [9.17, 15) is 0 Å². The molecule has 1 unspecified atom stereocenters. The van der Waals surface area contributed by atoms with Crippen molar-refractivity contribution in [1.82, 2.24) is 10.6 Å². The van der Waals surface area contributed by atoms with E-state index in [1.165, 1.54) is 0 Å². The first-order valence-electron chi connectivity index (χ1n) is 5.82. The minimum absolute atomic E-state index is 0.241. The van der Waals surface area contributed by atoms with Gasteiger partial charge in [0.2, 0.25) is 0 Å². The Bertz CT molecular complexity index is 355. The highest BCUT2D eigenvalue weighted by Crippen LogP contribution is 2.28. The van der Waals surface area contributed by atoms with Crippen molar-refractivity contribution >= 4 is 15.9 Å². The van der Waals surface area contributed by atoms with Crippen LogP contribution in [0.5, 0.6) is 5.75 Å². The maximum Gasteiger partial charge on any atom is 0.123 e. The van der Waals surface area contributed by atoms with E-state index >= 15 is 0 Å². The van der Waals surface area contributed by atoms with Crippen molar-refractivity contribution in [3.8, 4) is 5.75 Å². The van der Waals surface area contributed by atoms with Crippen LogP contribution < -0.4 is 15.4 Å². The molecule has 0 aliphatic heterocycles. The van der Waals surface area contributed by atoms with Gasteiger partial charge in [0.15, 0.2) is 0 Å². The normalized spacial score (nSPS) is 12.8. The number of nitrogens with one attached hydrogen (secondary N) is 2. The van der Waals surface area contributed by atoms with Crippen LogP contribution in [0.3, 0.4) is 0 Å². The molecule has 0 aliphatic carbocycles. The molecule has 96 valence electrons. The Morgan fingerprint density at radius 1 is 1.35 bits per heavy atom. The fourth-order valence-electron chi connectivity index (χ4n) is 1.70. The van der Waals surface area contributed by atoms with E-state index in [4.69, 9.17) is 4.74 Å². The number of likely N-dealkylation sites (N-methyl/N-ethyl adjacent to an activating group) is 1. The topological polar surface area (TPSA) is 33.3 Å². The Morgan fingerprint density at radius 3 is 2.59 bits per heavy atom. The molecule has 3 nitrogen and oxygen atoms in total. The summed E-state index contributed by atoms with van der Waals surface area (Å²) in [7, 11) is 3.67. The number of halogens is 1. The molecule has 0 amide bonds. The van der Waals surface area contributed by atoms with Crippen LogP contribution in [-0.2, 0) is 0 Å². The molecule has 0 saturated heterocycles. The summed E-state index contributed by atoms with van der Waals surface area (Å²) in [6, 6.07) is 6.79. The van der Waals surface area contributed by atoms with Crippen molar-refractivity contribution in [2.45, 2.75) is 25.9 Å². The first-order chi connectivity index (χ1) is 8.08. The van der Waals surface area contributed by atoms with Crippen LogP contribution in [0.15, 0.2) is 22.7 Å². The van der Waals surface area contributed by atoms with Crippen LogP contribution in [0.1, 0.15) is 25.5 Å². The van der Waals surface area contributed by atoms with E-state index in [0.717, 1.165) is 22.3 Å². The lowest BCUT2D eigenvalue weighted by Gasteiger charge is -2.21. The third kappa shape index (κ3) is 4.30. The summed E-state index contributed by atoms with van der Waals surface area (Å²) < 4.78 is 6.47. The van der Waals surface area contributed by atoms with Crippen molar-refractivity contribution in [3.05, 3.63) is 28.2 Å². The summed E-state index contributed by atoms with van der Waals surface area (Å²) in [6.45, 7) is 5.16. The average molecular weight is 301 g/mol. The zero-order chi connectivity index (χ0) is 12.8. The Morgan fingerprint density at radius 2 is 2.06 bits per heavy atom. The van der Waals surface area contributed by atoms with Gasteiger partial charge in [0.05, 0.1) is 7.11 Å². The lowest BCUT2D eigenvalue weighted by atomic mass is 10.1. The van der Waals surface area contributed by atoms with Crippen molar-refractivity contribution in [2.24, 2.45) is 0 Å². The van der Waals surface area contributed by atoms with E-state index in [0.29, 0.717) is 6.04 Å². The molecule has 2 N–H and O–H groups in total. The Hall–Kier alpha value is -0.580. The molecular weight excluding hydrogens is 280 g/mol. The van der Waals surface area contributed by atoms with Gasteiger partial charge in [-0.25, -0.2) is 0 Å². The van der Waals surface area contributed by atoms with Crippen LogP contribution in [0, 0.1) is 0 Å². The van der Waals surface area contributed by atoms with Crippen molar-refractivity contribution < 1.29 is 4.74 Å². The molecular formula is C13H21BrN2O. The maximum absolute atomic E-state index is 5.40. The predicted octanol–water partition coefficient (Wildman–Crippen LogP) is 2.72. The number of ether oxygens (including phenoxy) is 1. The van der Waals surface area contributed by atoms with E-state index in [1.54, 1.807) is 7.11 Å². The quantitative estimate of drug-likeness (QED) is 0.847. The highest BCUT2D eigenvalue weighted by atomic mass is 79.9. The number of hydrogen-bond donors (Lipinski definition) is 2. The van der Waals surface area contributed by atoms with Crippen molar-refractivity contribution in [3.63, 3.8) is 0 Å². The molecule has 1 aromatic rings. The fraction of sp³-hybridized carbons (Fsp3) is 0.538. The van der Waals surface area contributed by atoms with Gasteiger partial charge in [0.25, 0.3) is 0 Å². The third-order valence-corrected chi connectivity index (χ3v) is 3.14. The van der Waals surface area contributed by atoms with E-state index < -0.39 is 0 Å². The molecule has 1 aromatic carbocycles. The monoisotopic (exact) mass is 300 g/mol. The molecule has 0 aromatic heterocycles. The minimum atomic E-state index is 0.241. The van der Waals surface area contributed by atoms with Gasteiger partial charge in [0.1, 0.15) is 5.75 Å². The van der Waals surface area contributed by atoms with Gasteiger partial charge in [-0.3, -0.25) is 0 Å². The third-order valence-electron chi connectivity index (χ3n) is 2.65. The van der Waals surface area contributed by atoms with E-state index in [2.05, 4.69) is 46.5 Å². The first kappa shape index (κ1) is 14.5. The van der Waals surface area contributed by atoms with Gasteiger partial charge in [-0.1, -0.05) is 29.8 Å². The predicted molar refractivity (Wildman–Crippen MR) is 75.6 cm³/mol. The molecule has 0 heterocycles. The highest BCUT2D eigenvalue weighted by molar-refractivity contribution is 9.10. The Balaban J connectivity index is 2.89. The molecule has 0 spiro atoms. The zero-order valence-corrected chi connectivity index (χ0v) is 12.5. The molecule has 17 heavy (non-hydrogen) atoms. The second-order valence-electron chi connectivity index (χ2n) is 4.29. The lowest BCUT2D eigenvalue weighted by Crippen LogP contribution is -2.33. The second kappa shape index (κ2) is 6.99. The second-order valence-corrected chi connectivity index (χ2v) is 5.21. The van der Waals surface area contributed by atoms with Gasteiger partial charge >= 0.3 is 0 Å². The summed E-state index contributed by atoms with van der Waals surface area (Å²) in [4.78, 5) is 0. The molecule has 1 rings (SSSR count). The molecule has 1 atom stereocenters. The lowest BCUT2D eigenvalue weighted by molar-refractivity contribution is 0.396. The smallest absolute Gasteiger partial charge is 0.123 e. The number of rotatable bonds is 6. The number of hydrogen-bond acceptors (Lipinski definition) is 3. The summed E-state index contributed by atoms with van der Waals surface area (Å²) in [5, 5.41) is 6.74. The van der Waals surface area contributed by atoms with Crippen LogP contribution >= 0.6 is 15.9 Å². The molecule has 0 aliphatic rings.